The van der Waals surface area contributed by atoms with Crippen LogP contribution in [0.4, 0.5) is 4.39 Å². The molecule has 100 valence electrons. The Morgan fingerprint density at radius 2 is 2.16 bits per heavy atom. The van der Waals surface area contributed by atoms with Crippen LogP contribution < -0.4 is 5.32 Å². The molecule has 0 aliphatic carbocycles. The van der Waals surface area contributed by atoms with Crippen molar-refractivity contribution in [3.63, 3.8) is 0 Å². The highest BCUT2D eigenvalue weighted by Crippen LogP contribution is 2.30. The summed E-state index contributed by atoms with van der Waals surface area (Å²) >= 11 is 3.44. The van der Waals surface area contributed by atoms with Crippen molar-refractivity contribution in [3.05, 3.63) is 64.1 Å². The smallest absolute Gasteiger partial charge is 0.129 e. The van der Waals surface area contributed by atoms with Crippen LogP contribution in [0.2, 0.25) is 0 Å². The number of hydrogen-bond acceptors (Lipinski definition) is 2. The molecule has 1 aromatic carbocycles. The van der Waals surface area contributed by atoms with E-state index in [-0.39, 0.29) is 11.9 Å². The average molecular weight is 323 g/mol. The van der Waals surface area contributed by atoms with Gasteiger partial charge < -0.3 is 5.32 Å². The monoisotopic (exact) mass is 322 g/mol. The van der Waals surface area contributed by atoms with E-state index in [1.807, 2.05) is 18.2 Å². The Morgan fingerprint density at radius 3 is 2.79 bits per heavy atom. The maximum Gasteiger partial charge on any atom is 0.129 e. The summed E-state index contributed by atoms with van der Waals surface area (Å²) in [7, 11) is 0. The van der Waals surface area contributed by atoms with E-state index in [4.69, 9.17) is 0 Å². The highest BCUT2D eigenvalue weighted by molar-refractivity contribution is 9.10. The summed E-state index contributed by atoms with van der Waals surface area (Å²) < 4.78 is 14.9. The minimum absolute atomic E-state index is 0.191. The summed E-state index contributed by atoms with van der Waals surface area (Å²) in [5.74, 6) is -0.216. The van der Waals surface area contributed by atoms with Gasteiger partial charge >= 0.3 is 0 Å². The number of halogens is 2. The second-order valence-electron chi connectivity index (χ2n) is 4.31. The summed E-state index contributed by atoms with van der Waals surface area (Å²) in [6.45, 7) is 2.91. The molecule has 1 heterocycles. The van der Waals surface area contributed by atoms with Crippen LogP contribution in [0.25, 0.3) is 0 Å². The fraction of sp³-hybridized carbons (Fsp3) is 0.267. The lowest BCUT2D eigenvalue weighted by atomic mass is 9.99. The summed E-state index contributed by atoms with van der Waals surface area (Å²) in [4.78, 5) is 4.12. The number of aromatic nitrogens is 1. The molecule has 2 rings (SSSR count). The van der Waals surface area contributed by atoms with E-state index in [9.17, 15) is 4.39 Å². The van der Waals surface area contributed by atoms with Gasteiger partial charge in [-0.2, -0.15) is 0 Å². The second kappa shape index (κ2) is 6.78. The minimum atomic E-state index is -0.216. The van der Waals surface area contributed by atoms with Crippen LogP contribution in [-0.2, 0) is 0 Å². The third kappa shape index (κ3) is 3.39. The maximum atomic E-state index is 14.1. The van der Waals surface area contributed by atoms with Crippen LogP contribution in [0.5, 0.6) is 0 Å². The first-order valence-corrected chi connectivity index (χ1v) is 7.10. The van der Waals surface area contributed by atoms with Gasteiger partial charge in [-0.25, -0.2) is 4.39 Å². The van der Waals surface area contributed by atoms with Crippen LogP contribution >= 0.6 is 15.9 Å². The summed E-state index contributed by atoms with van der Waals surface area (Å²) in [6.07, 6.45) is 4.48. The van der Waals surface area contributed by atoms with Crippen molar-refractivity contribution < 1.29 is 4.39 Å². The molecule has 0 bridgehead atoms. The molecule has 0 aliphatic heterocycles. The van der Waals surface area contributed by atoms with E-state index < -0.39 is 0 Å². The second-order valence-corrected chi connectivity index (χ2v) is 5.16. The van der Waals surface area contributed by atoms with Gasteiger partial charge in [0, 0.05) is 22.4 Å². The SMILES string of the molecule is CCCNC(c1cccnc1)c1c(F)cccc1Br. The van der Waals surface area contributed by atoms with E-state index in [0.717, 1.165) is 23.0 Å². The standard InChI is InChI=1S/C15H16BrFN2/c1-2-8-19-15(11-5-4-9-18-10-11)14-12(16)6-3-7-13(14)17/h3-7,9-10,15,19H,2,8H2,1H3. The molecule has 0 saturated heterocycles. The van der Waals surface area contributed by atoms with Crippen molar-refractivity contribution >= 4 is 15.9 Å². The zero-order valence-electron chi connectivity index (χ0n) is 10.7. The predicted octanol–water partition coefficient (Wildman–Crippen LogP) is 4.07. The fourth-order valence-electron chi connectivity index (χ4n) is 2.01. The van der Waals surface area contributed by atoms with Gasteiger partial charge in [0.25, 0.3) is 0 Å². The quantitative estimate of drug-likeness (QED) is 0.897. The number of hydrogen-bond donors (Lipinski definition) is 1. The first kappa shape index (κ1) is 14.2. The molecule has 1 atom stereocenters. The van der Waals surface area contributed by atoms with Gasteiger partial charge in [0.1, 0.15) is 5.82 Å². The summed E-state index contributed by atoms with van der Waals surface area (Å²) in [6, 6.07) is 8.67. The van der Waals surface area contributed by atoms with Crippen molar-refractivity contribution in [1.82, 2.24) is 10.3 Å². The highest BCUT2D eigenvalue weighted by atomic mass is 79.9. The van der Waals surface area contributed by atoms with Gasteiger partial charge in [-0.05, 0) is 36.7 Å². The molecule has 0 radical (unpaired) electrons. The Labute approximate surface area is 121 Å². The van der Waals surface area contributed by atoms with Crippen LogP contribution in [-0.4, -0.2) is 11.5 Å². The molecule has 0 aliphatic rings. The first-order valence-electron chi connectivity index (χ1n) is 6.31. The highest BCUT2D eigenvalue weighted by Gasteiger charge is 2.20. The number of benzene rings is 1. The Hall–Kier alpha value is -1.26. The Balaban J connectivity index is 2.43. The molecular weight excluding hydrogens is 307 g/mol. The van der Waals surface area contributed by atoms with Gasteiger partial charge in [-0.15, -0.1) is 0 Å². The fourth-order valence-corrected chi connectivity index (χ4v) is 2.58. The van der Waals surface area contributed by atoms with E-state index >= 15 is 0 Å². The van der Waals surface area contributed by atoms with E-state index in [1.165, 1.54) is 6.07 Å². The third-order valence-corrected chi connectivity index (χ3v) is 3.60. The van der Waals surface area contributed by atoms with Gasteiger partial charge in [0.05, 0.1) is 6.04 Å². The molecule has 2 nitrogen and oxygen atoms in total. The average Bonchev–Trinajstić information content (AvgIpc) is 2.43. The minimum Gasteiger partial charge on any atom is -0.306 e. The van der Waals surface area contributed by atoms with E-state index in [1.54, 1.807) is 18.5 Å². The predicted molar refractivity (Wildman–Crippen MR) is 78.5 cm³/mol. The van der Waals surface area contributed by atoms with Crippen molar-refractivity contribution in [2.24, 2.45) is 0 Å². The van der Waals surface area contributed by atoms with Crippen LogP contribution in [0.3, 0.4) is 0 Å². The van der Waals surface area contributed by atoms with E-state index in [0.29, 0.717) is 5.56 Å². The molecule has 2 aromatic rings. The number of nitrogens with one attached hydrogen (secondary N) is 1. The zero-order valence-corrected chi connectivity index (χ0v) is 12.3. The molecule has 1 unspecified atom stereocenters. The maximum absolute atomic E-state index is 14.1. The lowest BCUT2D eigenvalue weighted by molar-refractivity contribution is 0.543. The molecule has 1 N–H and O–H groups in total. The van der Waals surface area contributed by atoms with Gasteiger partial charge in [-0.3, -0.25) is 4.98 Å². The molecular formula is C15H16BrFN2. The number of rotatable bonds is 5. The lowest BCUT2D eigenvalue weighted by Gasteiger charge is -2.21. The topological polar surface area (TPSA) is 24.9 Å². The molecule has 0 amide bonds. The van der Waals surface area contributed by atoms with Gasteiger partial charge in [0.15, 0.2) is 0 Å². The van der Waals surface area contributed by atoms with Gasteiger partial charge in [0.2, 0.25) is 0 Å². The summed E-state index contributed by atoms with van der Waals surface area (Å²) in [5, 5.41) is 3.37. The largest absolute Gasteiger partial charge is 0.306 e. The van der Waals surface area contributed by atoms with Crippen molar-refractivity contribution in [2.45, 2.75) is 19.4 Å². The number of pyridine rings is 1. The molecule has 1 aromatic heterocycles. The molecule has 4 heteroatoms. The van der Waals surface area contributed by atoms with Crippen molar-refractivity contribution in [2.75, 3.05) is 6.54 Å². The van der Waals surface area contributed by atoms with Gasteiger partial charge in [-0.1, -0.05) is 35.0 Å². The Morgan fingerprint density at radius 1 is 1.32 bits per heavy atom. The zero-order chi connectivity index (χ0) is 13.7. The number of nitrogens with zero attached hydrogens (tertiary/aromatic N) is 1. The summed E-state index contributed by atoms with van der Waals surface area (Å²) in [5.41, 5.74) is 1.59. The normalized spacial score (nSPS) is 12.4. The molecule has 0 spiro atoms. The molecule has 19 heavy (non-hydrogen) atoms. The Kier molecular flexibility index (Phi) is 5.05. The first-order chi connectivity index (χ1) is 9.24. The van der Waals surface area contributed by atoms with Crippen LogP contribution in [0.1, 0.15) is 30.5 Å². The molecule has 0 saturated carbocycles. The Bertz CT molecular complexity index is 511. The third-order valence-electron chi connectivity index (χ3n) is 2.90. The van der Waals surface area contributed by atoms with Crippen LogP contribution in [0.15, 0.2) is 47.2 Å². The molecule has 0 fully saturated rings. The van der Waals surface area contributed by atoms with E-state index in [2.05, 4.69) is 33.2 Å². The van der Waals surface area contributed by atoms with Crippen molar-refractivity contribution in [3.8, 4) is 0 Å². The van der Waals surface area contributed by atoms with Crippen LogP contribution in [0, 0.1) is 5.82 Å². The van der Waals surface area contributed by atoms with Crippen molar-refractivity contribution in [1.29, 1.82) is 0 Å². The lowest BCUT2D eigenvalue weighted by Crippen LogP contribution is -2.24.